The molecule has 0 aliphatic carbocycles. The third-order valence-corrected chi connectivity index (χ3v) is 3.45. The van der Waals surface area contributed by atoms with E-state index in [2.05, 4.69) is 34.1 Å². The quantitative estimate of drug-likeness (QED) is 0.375. The summed E-state index contributed by atoms with van der Waals surface area (Å²) in [5.41, 5.74) is 0.0357. The van der Waals surface area contributed by atoms with Gasteiger partial charge in [0, 0.05) is 5.57 Å². The third-order valence-electron chi connectivity index (χ3n) is 3.45. The topological polar surface area (TPSA) is 107 Å². The van der Waals surface area contributed by atoms with Crippen LogP contribution in [0.4, 0.5) is 0 Å². The summed E-state index contributed by atoms with van der Waals surface area (Å²) in [6, 6.07) is 0. The SMILES string of the molecule is C=C(CC(=O)O[C@@H](C)CCCCCC)C(=O)OC(C)c1nn[nH]n1. The summed E-state index contributed by atoms with van der Waals surface area (Å²) in [5, 5.41) is 13.1. The molecule has 0 saturated heterocycles. The lowest BCUT2D eigenvalue weighted by molar-refractivity contribution is -0.151. The zero-order valence-electron chi connectivity index (χ0n) is 14.6. The average Bonchev–Trinajstić information content (AvgIpc) is 3.05. The normalized spacial score (nSPS) is 13.1. The summed E-state index contributed by atoms with van der Waals surface area (Å²) >= 11 is 0. The summed E-state index contributed by atoms with van der Waals surface area (Å²) < 4.78 is 10.4. The second-order valence-corrected chi connectivity index (χ2v) is 5.75. The monoisotopic (exact) mass is 338 g/mol. The lowest BCUT2D eigenvalue weighted by Crippen LogP contribution is -2.18. The number of nitrogens with one attached hydrogen (secondary N) is 1. The van der Waals surface area contributed by atoms with Gasteiger partial charge >= 0.3 is 11.9 Å². The van der Waals surface area contributed by atoms with Gasteiger partial charge in [0.2, 0.25) is 5.82 Å². The molecule has 1 N–H and O–H groups in total. The van der Waals surface area contributed by atoms with Crippen LogP contribution in [0.2, 0.25) is 0 Å². The Hall–Kier alpha value is -2.25. The van der Waals surface area contributed by atoms with Crippen LogP contribution < -0.4 is 0 Å². The first-order valence-electron chi connectivity index (χ1n) is 8.25. The molecular formula is C16H26N4O4. The molecule has 0 aliphatic rings. The highest BCUT2D eigenvalue weighted by Gasteiger charge is 2.20. The van der Waals surface area contributed by atoms with E-state index in [9.17, 15) is 9.59 Å². The molecule has 0 bridgehead atoms. The molecule has 0 spiro atoms. The van der Waals surface area contributed by atoms with Crippen molar-refractivity contribution in [2.45, 2.75) is 71.5 Å². The molecule has 1 aromatic rings. The van der Waals surface area contributed by atoms with Gasteiger partial charge in [0.05, 0.1) is 12.5 Å². The van der Waals surface area contributed by atoms with Gasteiger partial charge < -0.3 is 9.47 Å². The van der Waals surface area contributed by atoms with E-state index in [0.29, 0.717) is 0 Å². The van der Waals surface area contributed by atoms with Crippen molar-refractivity contribution in [3.05, 3.63) is 18.0 Å². The van der Waals surface area contributed by atoms with E-state index in [4.69, 9.17) is 9.47 Å². The summed E-state index contributed by atoms with van der Waals surface area (Å²) in [4.78, 5) is 23.7. The van der Waals surface area contributed by atoms with Crippen LogP contribution in [0.3, 0.4) is 0 Å². The fourth-order valence-electron chi connectivity index (χ4n) is 2.07. The number of aromatic amines is 1. The smallest absolute Gasteiger partial charge is 0.334 e. The molecule has 8 nitrogen and oxygen atoms in total. The minimum Gasteiger partial charge on any atom is -0.462 e. The number of carbonyl (C=O) groups excluding carboxylic acids is 2. The van der Waals surface area contributed by atoms with Crippen LogP contribution in [0.25, 0.3) is 0 Å². The van der Waals surface area contributed by atoms with Crippen LogP contribution in [-0.4, -0.2) is 38.7 Å². The van der Waals surface area contributed by atoms with Crippen LogP contribution in [0.15, 0.2) is 12.2 Å². The van der Waals surface area contributed by atoms with Crippen molar-refractivity contribution in [2.75, 3.05) is 0 Å². The molecule has 0 saturated carbocycles. The van der Waals surface area contributed by atoms with Crippen molar-refractivity contribution < 1.29 is 19.1 Å². The Labute approximate surface area is 142 Å². The van der Waals surface area contributed by atoms with Crippen LogP contribution in [0.5, 0.6) is 0 Å². The van der Waals surface area contributed by atoms with Crippen LogP contribution >= 0.6 is 0 Å². The molecule has 1 heterocycles. The Bertz CT molecular complexity index is 530. The van der Waals surface area contributed by atoms with Crippen molar-refractivity contribution in [1.82, 2.24) is 20.6 Å². The third kappa shape index (κ3) is 7.34. The van der Waals surface area contributed by atoms with Gasteiger partial charge in [-0.2, -0.15) is 5.21 Å². The highest BCUT2D eigenvalue weighted by atomic mass is 16.6. The number of carbonyl (C=O) groups is 2. The van der Waals surface area contributed by atoms with Gasteiger partial charge in [-0.25, -0.2) is 4.79 Å². The van der Waals surface area contributed by atoms with Gasteiger partial charge in [0.25, 0.3) is 0 Å². The molecule has 1 aromatic heterocycles. The largest absolute Gasteiger partial charge is 0.462 e. The number of rotatable bonds is 11. The molecule has 0 amide bonds. The van der Waals surface area contributed by atoms with Crippen molar-refractivity contribution in [1.29, 1.82) is 0 Å². The molecular weight excluding hydrogens is 312 g/mol. The van der Waals surface area contributed by atoms with Crippen molar-refractivity contribution in [2.24, 2.45) is 0 Å². The Kier molecular flexibility index (Phi) is 8.67. The van der Waals surface area contributed by atoms with Gasteiger partial charge in [0.1, 0.15) is 0 Å². The van der Waals surface area contributed by atoms with Gasteiger partial charge in [0.15, 0.2) is 6.10 Å². The minimum absolute atomic E-state index is 0.0357. The molecule has 2 atom stereocenters. The minimum atomic E-state index is -0.681. The van der Waals surface area contributed by atoms with Crippen LogP contribution in [-0.2, 0) is 19.1 Å². The maximum Gasteiger partial charge on any atom is 0.334 e. The zero-order chi connectivity index (χ0) is 17.9. The van der Waals surface area contributed by atoms with E-state index in [1.165, 1.54) is 12.8 Å². The van der Waals surface area contributed by atoms with Crippen molar-refractivity contribution in [3.8, 4) is 0 Å². The summed E-state index contributed by atoms with van der Waals surface area (Å²) in [7, 11) is 0. The molecule has 24 heavy (non-hydrogen) atoms. The van der Waals surface area contributed by atoms with Crippen LogP contribution in [0.1, 0.15) is 71.2 Å². The molecule has 0 aliphatic heterocycles. The van der Waals surface area contributed by atoms with Crippen LogP contribution in [0, 0.1) is 0 Å². The van der Waals surface area contributed by atoms with Crippen molar-refractivity contribution in [3.63, 3.8) is 0 Å². The summed E-state index contributed by atoms with van der Waals surface area (Å²) in [5.74, 6) is -0.911. The Morgan fingerprint density at radius 2 is 1.96 bits per heavy atom. The molecule has 1 rings (SSSR count). The van der Waals surface area contributed by atoms with Gasteiger partial charge in [-0.1, -0.05) is 38.0 Å². The Balaban J connectivity index is 2.29. The highest BCUT2D eigenvalue weighted by molar-refractivity contribution is 5.93. The molecule has 134 valence electrons. The maximum absolute atomic E-state index is 11.9. The van der Waals surface area contributed by atoms with Gasteiger partial charge in [-0.3, -0.25) is 4.79 Å². The lowest BCUT2D eigenvalue weighted by atomic mass is 10.1. The zero-order valence-corrected chi connectivity index (χ0v) is 14.6. The van der Waals surface area contributed by atoms with E-state index < -0.39 is 18.0 Å². The molecule has 1 unspecified atom stereocenters. The Morgan fingerprint density at radius 3 is 2.58 bits per heavy atom. The maximum atomic E-state index is 11.9. The number of hydrogen-bond donors (Lipinski definition) is 1. The standard InChI is InChI=1S/C16H26N4O4/c1-5-6-7-8-9-12(3)23-14(21)10-11(2)16(22)24-13(4)15-17-19-20-18-15/h12-13H,2,5-10H2,1,3-4H3,(H,17,18,19,20)/t12-,13?/m0/s1. The first-order valence-corrected chi connectivity index (χ1v) is 8.25. The Morgan fingerprint density at radius 1 is 1.21 bits per heavy atom. The molecule has 8 heteroatoms. The van der Waals surface area contributed by atoms with Gasteiger partial charge in [-0.15, -0.1) is 10.2 Å². The number of H-pyrrole nitrogens is 1. The summed E-state index contributed by atoms with van der Waals surface area (Å²) in [6.45, 7) is 9.18. The number of unbranched alkanes of at least 4 members (excludes halogenated alkanes) is 3. The van der Waals surface area contributed by atoms with E-state index >= 15 is 0 Å². The second-order valence-electron chi connectivity index (χ2n) is 5.75. The van der Waals surface area contributed by atoms with E-state index in [0.717, 1.165) is 19.3 Å². The fraction of sp³-hybridized carbons (Fsp3) is 0.688. The number of aromatic nitrogens is 4. The average molecular weight is 338 g/mol. The lowest BCUT2D eigenvalue weighted by Gasteiger charge is -2.14. The van der Waals surface area contributed by atoms with E-state index in [-0.39, 0.29) is 23.9 Å². The molecule has 0 radical (unpaired) electrons. The summed E-state index contributed by atoms with van der Waals surface area (Å²) in [6.07, 6.45) is 4.27. The number of hydrogen-bond acceptors (Lipinski definition) is 7. The first kappa shape index (κ1) is 19.8. The fourth-order valence-corrected chi connectivity index (χ4v) is 2.07. The predicted molar refractivity (Wildman–Crippen MR) is 86.8 cm³/mol. The number of tetrazole rings is 1. The first-order chi connectivity index (χ1) is 11.4. The highest BCUT2D eigenvalue weighted by Crippen LogP contribution is 2.15. The number of ether oxygens (including phenoxy) is 2. The number of esters is 2. The molecule has 0 aromatic carbocycles. The van der Waals surface area contributed by atoms with E-state index in [1.807, 2.05) is 6.92 Å². The van der Waals surface area contributed by atoms with Crippen molar-refractivity contribution >= 4 is 11.9 Å². The number of nitrogens with zero attached hydrogens (tertiary/aromatic N) is 3. The van der Waals surface area contributed by atoms with E-state index in [1.54, 1.807) is 6.92 Å². The second kappa shape index (κ2) is 10.5. The van der Waals surface area contributed by atoms with Gasteiger partial charge in [-0.05, 0) is 26.7 Å². The molecule has 0 fully saturated rings. The predicted octanol–water partition coefficient (Wildman–Crippen LogP) is 2.65.